The van der Waals surface area contributed by atoms with E-state index in [1.54, 1.807) is 13.3 Å². The van der Waals surface area contributed by atoms with Gasteiger partial charge in [0.2, 0.25) is 0 Å². The summed E-state index contributed by atoms with van der Waals surface area (Å²) >= 11 is 0. The molecule has 8 heteroatoms. The van der Waals surface area contributed by atoms with Gasteiger partial charge in [-0.25, -0.2) is 14.6 Å². The molecule has 3 aromatic heterocycles. The van der Waals surface area contributed by atoms with Crippen LogP contribution >= 0.6 is 0 Å². The minimum Gasteiger partial charge on any atom is -0.494 e. The van der Waals surface area contributed by atoms with Crippen LogP contribution in [0.2, 0.25) is 0 Å². The number of anilines is 1. The Hall–Kier alpha value is -3.55. The van der Waals surface area contributed by atoms with Gasteiger partial charge in [0.25, 0.3) is 0 Å². The number of ether oxygens (including phenoxy) is 1. The van der Waals surface area contributed by atoms with Gasteiger partial charge in [0.05, 0.1) is 30.2 Å². The summed E-state index contributed by atoms with van der Waals surface area (Å²) in [5.74, 6) is 1.36. The van der Waals surface area contributed by atoms with E-state index in [1.165, 1.54) is 6.33 Å². The first kappa shape index (κ1) is 17.8. The maximum absolute atomic E-state index is 5.58. The number of aryl methyl sites for hydroxylation is 2. The second kappa shape index (κ2) is 7.22. The molecule has 0 spiro atoms. The van der Waals surface area contributed by atoms with Crippen LogP contribution in [-0.2, 0) is 0 Å². The summed E-state index contributed by atoms with van der Waals surface area (Å²) in [5.41, 5.74) is 4.36. The average molecular weight is 375 g/mol. The van der Waals surface area contributed by atoms with E-state index in [-0.39, 0.29) is 6.04 Å². The van der Waals surface area contributed by atoms with Gasteiger partial charge >= 0.3 is 0 Å². The summed E-state index contributed by atoms with van der Waals surface area (Å²) in [6.07, 6.45) is 3.30. The third kappa shape index (κ3) is 3.24. The summed E-state index contributed by atoms with van der Waals surface area (Å²) in [5, 5.41) is 17.1. The Morgan fingerprint density at radius 3 is 2.61 bits per heavy atom. The molecule has 1 N–H and O–H groups in total. The lowest BCUT2D eigenvalue weighted by Gasteiger charge is -2.16. The lowest BCUT2D eigenvalue weighted by molar-refractivity contribution is 0.418. The van der Waals surface area contributed by atoms with Crippen LogP contribution in [0.25, 0.3) is 16.6 Å². The van der Waals surface area contributed by atoms with Crippen molar-refractivity contribution in [1.82, 2.24) is 29.9 Å². The molecule has 0 saturated carbocycles. The third-order valence-electron chi connectivity index (χ3n) is 4.60. The molecule has 0 aliphatic rings. The highest BCUT2D eigenvalue weighted by Gasteiger charge is 2.15. The topological polar surface area (TPSA) is 90.6 Å². The van der Waals surface area contributed by atoms with Crippen molar-refractivity contribution in [2.45, 2.75) is 26.8 Å². The third-order valence-corrected chi connectivity index (χ3v) is 4.60. The highest BCUT2D eigenvalue weighted by molar-refractivity contribution is 5.94. The molecule has 4 rings (SSSR count). The molecule has 8 nitrogen and oxygen atoms in total. The van der Waals surface area contributed by atoms with Crippen molar-refractivity contribution in [3.8, 4) is 11.4 Å². The Morgan fingerprint density at radius 1 is 1.07 bits per heavy atom. The van der Waals surface area contributed by atoms with Gasteiger partial charge in [0.1, 0.15) is 23.4 Å². The number of benzene rings is 1. The van der Waals surface area contributed by atoms with E-state index in [1.807, 2.05) is 55.8 Å². The first-order valence-corrected chi connectivity index (χ1v) is 8.97. The monoisotopic (exact) mass is 375 g/mol. The van der Waals surface area contributed by atoms with Gasteiger partial charge in [-0.1, -0.05) is 0 Å². The molecule has 1 atom stereocenters. The highest BCUT2D eigenvalue weighted by Crippen LogP contribution is 2.32. The standard InChI is InChI=1S/C20H21N7O/c1-12-5-6-17(26-25-12)14(3)24-20-16-9-15(27-13(2)7-8-23-27)10-18(28-4)19(16)21-11-22-20/h5-11,14H,1-4H3,(H,21,22,24). The van der Waals surface area contributed by atoms with Crippen molar-refractivity contribution in [1.29, 1.82) is 0 Å². The number of aromatic nitrogens is 6. The summed E-state index contributed by atoms with van der Waals surface area (Å²) < 4.78 is 7.44. The van der Waals surface area contributed by atoms with Gasteiger partial charge < -0.3 is 10.1 Å². The molecule has 1 aromatic carbocycles. The summed E-state index contributed by atoms with van der Waals surface area (Å²) in [6.45, 7) is 5.94. The fourth-order valence-corrected chi connectivity index (χ4v) is 3.07. The van der Waals surface area contributed by atoms with Crippen LogP contribution in [0.3, 0.4) is 0 Å². The van der Waals surface area contributed by atoms with E-state index in [9.17, 15) is 0 Å². The molecular formula is C20H21N7O. The molecule has 0 saturated heterocycles. The van der Waals surface area contributed by atoms with Gasteiger partial charge in [0.15, 0.2) is 0 Å². The Kier molecular flexibility index (Phi) is 4.60. The fourth-order valence-electron chi connectivity index (χ4n) is 3.07. The number of hydrogen-bond acceptors (Lipinski definition) is 7. The second-order valence-electron chi connectivity index (χ2n) is 6.62. The van der Waals surface area contributed by atoms with E-state index in [4.69, 9.17) is 4.74 Å². The van der Waals surface area contributed by atoms with E-state index in [0.717, 1.165) is 33.7 Å². The Morgan fingerprint density at radius 2 is 1.93 bits per heavy atom. The Bertz CT molecular complexity index is 1120. The molecule has 4 aromatic rings. The maximum atomic E-state index is 5.58. The molecule has 3 heterocycles. The van der Waals surface area contributed by atoms with Crippen molar-refractivity contribution < 1.29 is 4.74 Å². The maximum Gasteiger partial charge on any atom is 0.147 e. The summed E-state index contributed by atoms with van der Waals surface area (Å²) in [6, 6.07) is 9.71. The molecular weight excluding hydrogens is 354 g/mol. The smallest absolute Gasteiger partial charge is 0.147 e. The van der Waals surface area contributed by atoms with Gasteiger partial charge in [-0.05, 0) is 45.0 Å². The molecule has 142 valence electrons. The second-order valence-corrected chi connectivity index (χ2v) is 6.62. The van der Waals surface area contributed by atoms with Gasteiger partial charge in [-0.15, -0.1) is 0 Å². The first-order valence-electron chi connectivity index (χ1n) is 8.97. The number of nitrogens with zero attached hydrogens (tertiary/aromatic N) is 6. The molecule has 0 fully saturated rings. The quantitative estimate of drug-likeness (QED) is 0.571. The van der Waals surface area contributed by atoms with Gasteiger partial charge in [0, 0.05) is 23.3 Å². The molecule has 28 heavy (non-hydrogen) atoms. The summed E-state index contributed by atoms with van der Waals surface area (Å²) in [7, 11) is 1.63. The van der Waals surface area contributed by atoms with E-state index < -0.39 is 0 Å². The molecule has 0 amide bonds. The van der Waals surface area contributed by atoms with E-state index in [0.29, 0.717) is 11.6 Å². The minimum atomic E-state index is -0.0766. The highest BCUT2D eigenvalue weighted by atomic mass is 16.5. The van der Waals surface area contributed by atoms with Crippen LogP contribution in [0.15, 0.2) is 42.9 Å². The SMILES string of the molecule is COc1cc(-n2nccc2C)cc2c(NC(C)c3ccc(C)nn3)ncnc12. The minimum absolute atomic E-state index is 0.0766. The van der Waals surface area contributed by atoms with Crippen LogP contribution in [0.4, 0.5) is 5.82 Å². The lowest BCUT2D eigenvalue weighted by atomic mass is 10.1. The van der Waals surface area contributed by atoms with Crippen molar-refractivity contribution in [3.05, 3.63) is 59.9 Å². The molecule has 0 bridgehead atoms. The number of fused-ring (bicyclic) bond motifs is 1. The van der Waals surface area contributed by atoms with Gasteiger partial charge in [-0.3, -0.25) is 0 Å². The van der Waals surface area contributed by atoms with Crippen LogP contribution in [0, 0.1) is 13.8 Å². The normalized spacial score (nSPS) is 12.1. The zero-order valence-electron chi connectivity index (χ0n) is 16.2. The zero-order chi connectivity index (χ0) is 19.7. The predicted octanol–water partition coefficient (Wildman–Crippen LogP) is 3.40. The van der Waals surface area contributed by atoms with Crippen molar-refractivity contribution in [2.24, 2.45) is 0 Å². The largest absolute Gasteiger partial charge is 0.494 e. The number of rotatable bonds is 5. The van der Waals surface area contributed by atoms with E-state index >= 15 is 0 Å². The molecule has 0 radical (unpaired) electrons. The van der Waals surface area contributed by atoms with Crippen molar-refractivity contribution in [2.75, 3.05) is 12.4 Å². The summed E-state index contributed by atoms with van der Waals surface area (Å²) in [4.78, 5) is 8.87. The van der Waals surface area contributed by atoms with Crippen LogP contribution in [0.5, 0.6) is 5.75 Å². The number of nitrogens with one attached hydrogen (secondary N) is 1. The van der Waals surface area contributed by atoms with Crippen LogP contribution in [-0.4, -0.2) is 37.1 Å². The number of methoxy groups -OCH3 is 1. The Balaban J connectivity index is 1.80. The predicted molar refractivity (Wildman–Crippen MR) is 107 cm³/mol. The fraction of sp³-hybridized carbons (Fsp3) is 0.250. The molecule has 1 unspecified atom stereocenters. The lowest BCUT2D eigenvalue weighted by Crippen LogP contribution is -2.11. The number of hydrogen-bond donors (Lipinski definition) is 1. The van der Waals surface area contributed by atoms with Crippen LogP contribution in [0.1, 0.15) is 30.0 Å². The first-order chi connectivity index (χ1) is 13.6. The average Bonchev–Trinajstić information content (AvgIpc) is 3.14. The van der Waals surface area contributed by atoms with Crippen molar-refractivity contribution >= 4 is 16.7 Å². The zero-order valence-corrected chi connectivity index (χ0v) is 16.2. The van der Waals surface area contributed by atoms with Crippen LogP contribution < -0.4 is 10.1 Å². The Labute approximate surface area is 162 Å². The molecule has 0 aliphatic heterocycles. The van der Waals surface area contributed by atoms with Crippen molar-refractivity contribution in [3.63, 3.8) is 0 Å². The van der Waals surface area contributed by atoms with Gasteiger partial charge in [-0.2, -0.15) is 15.3 Å². The van der Waals surface area contributed by atoms with E-state index in [2.05, 4.69) is 30.6 Å². The molecule has 0 aliphatic carbocycles.